The van der Waals surface area contributed by atoms with Crippen LogP contribution >= 0.6 is 11.3 Å². The minimum Gasteiger partial charge on any atom is -0.264 e. The Bertz CT molecular complexity index is 3570. The molecule has 0 bridgehead atoms. The summed E-state index contributed by atoms with van der Waals surface area (Å²) in [5.74, 6) is 0.693. The molecule has 0 fully saturated rings. The number of hydrogen-bond donors (Lipinski definition) is 0. The third-order valence-corrected chi connectivity index (χ3v) is 14.2. The molecule has 3 aromatic heterocycles. The van der Waals surface area contributed by atoms with E-state index in [0.29, 0.717) is 5.82 Å². The Morgan fingerprint density at radius 1 is 0.339 bits per heavy atom. The van der Waals surface area contributed by atoms with E-state index >= 15 is 0 Å². The van der Waals surface area contributed by atoms with Crippen LogP contribution < -0.4 is 0 Å². The van der Waals surface area contributed by atoms with Crippen LogP contribution in [0.3, 0.4) is 0 Å². The minimum atomic E-state index is -0.627. The second-order valence-electron chi connectivity index (χ2n) is 16.3. The van der Waals surface area contributed by atoms with Crippen LogP contribution in [0, 0.1) is 0 Å². The van der Waals surface area contributed by atoms with Crippen molar-refractivity contribution in [3.63, 3.8) is 0 Å². The van der Waals surface area contributed by atoms with E-state index in [0.717, 1.165) is 39.2 Å². The van der Waals surface area contributed by atoms with Crippen LogP contribution in [-0.4, -0.2) is 15.0 Å². The van der Waals surface area contributed by atoms with Gasteiger partial charge in [0.05, 0.1) is 16.8 Å². The number of fused-ring (bicyclic) bond motifs is 15. The molecule has 0 saturated heterocycles. The van der Waals surface area contributed by atoms with E-state index in [4.69, 9.17) is 9.97 Å². The van der Waals surface area contributed by atoms with Gasteiger partial charge in [-0.25, -0.2) is 9.97 Å². The number of rotatable bonds is 4. The Morgan fingerprint density at radius 3 is 1.66 bits per heavy atom. The van der Waals surface area contributed by atoms with Gasteiger partial charge in [0.1, 0.15) is 0 Å². The third kappa shape index (κ3) is 5.14. The second-order valence-corrected chi connectivity index (χ2v) is 17.4. The van der Waals surface area contributed by atoms with Crippen molar-refractivity contribution in [1.82, 2.24) is 15.0 Å². The van der Waals surface area contributed by atoms with Crippen LogP contribution in [0.4, 0.5) is 0 Å². The fourth-order valence-electron chi connectivity index (χ4n) is 10.3. The predicted octanol–water partition coefficient (Wildman–Crippen LogP) is 14.9. The van der Waals surface area contributed by atoms with E-state index in [9.17, 15) is 0 Å². The summed E-state index contributed by atoms with van der Waals surface area (Å²) in [6, 6.07) is 73.2. The summed E-state index contributed by atoms with van der Waals surface area (Å²) in [7, 11) is 0. The largest absolute Gasteiger partial charge is 0.264 e. The number of nitrogens with zero attached hydrogens (tertiary/aromatic N) is 3. The first-order chi connectivity index (χ1) is 30.7. The summed E-state index contributed by atoms with van der Waals surface area (Å²) >= 11 is 1.89. The van der Waals surface area contributed by atoms with Crippen LogP contribution in [0.1, 0.15) is 22.3 Å². The van der Waals surface area contributed by atoms with Crippen LogP contribution in [-0.2, 0) is 5.41 Å². The van der Waals surface area contributed by atoms with Crippen molar-refractivity contribution in [1.29, 1.82) is 0 Å². The molecular weight excluding hydrogens is 771 g/mol. The lowest BCUT2D eigenvalue weighted by Crippen LogP contribution is -2.29. The third-order valence-electron chi connectivity index (χ3n) is 13.0. The van der Waals surface area contributed by atoms with Gasteiger partial charge < -0.3 is 0 Å². The van der Waals surface area contributed by atoms with Gasteiger partial charge in [-0.3, -0.25) is 4.98 Å². The second kappa shape index (κ2) is 13.6. The summed E-state index contributed by atoms with van der Waals surface area (Å²) in [5.41, 5.74) is 19.0. The lowest BCUT2D eigenvalue weighted by Gasteiger charge is -2.35. The fourth-order valence-corrected chi connectivity index (χ4v) is 11.4. The molecule has 288 valence electrons. The number of aromatic nitrogens is 3. The SMILES string of the molecule is c1ccc(-c2nc(-c3ccc(-c4cccnc4)cc3)cc(-c3ccc4c(c3)C3(c5ccccc5-c5ccccc5-4)c4ccccc4-c4cc5c(cc43)sc3ccccc35)n2)cc1. The molecule has 1 atom stereocenters. The first kappa shape index (κ1) is 35.0. The molecule has 2 aliphatic carbocycles. The molecule has 3 nitrogen and oxygen atoms in total. The van der Waals surface area contributed by atoms with Crippen LogP contribution in [0.25, 0.3) is 98.6 Å². The molecule has 0 amide bonds. The van der Waals surface area contributed by atoms with E-state index < -0.39 is 5.41 Å². The topological polar surface area (TPSA) is 38.7 Å². The minimum absolute atomic E-state index is 0.627. The molecule has 2 aliphatic rings. The zero-order valence-electron chi connectivity index (χ0n) is 33.5. The molecule has 3 heterocycles. The van der Waals surface area contributed by atoms with Gasteiger partial charge in [0, 0.05) is 49.3 Å². The molecule has 62 heavy (non-hydrogen) atoms. The van der Waals surface area contributed by atoms with Gasteiger partial charge in [0.2, 0.25) is 0 Å². The molecule has 11 aromatic rings. The Hall–Kier alpha value is -7.79. The molecule has 1 spiro atoms. The first-order valence-corrected chi connectivity index (χ1v) is 21.9. The van der Waals surface area contributed by atoms with Crippen molar-refractivity contribution >= 4 is 31.5 Å². The van der Waals surface area contributed by atoms with Gasteiger partial charge in [0.15, 0.2) is 5.82 Å². The van der Waals surface area contributed by atoms with E-state index in [1.165, 1.54) is 75.8 Å². The molecule has 1 unspecified atom stereocenters. The zero-order valence-corrected chi connectivity index (χ0v) is 34.3. The average molecular weight is 806 g/mol. The molecule has 4 heteroatoms. The number of pyridine rings is 1. The van der Waals surface area contributed by atoms with Crippen LogP contribution in [0.5, 0.6) is 0 Å². The predicted molar refractivity (Wildman–Crippen MR) is 256 cm³/mol. The van der Waals surface area contributed by atoms with Gasteiger partial charge >= 0.3 is 0 Å². The Morgan fingerprint density at radius 2 is 0.919 bits per heavy atom. The van der Waals surface area contributed by atoms with Gasteiger partial charge in [0.25, 0.3) is 0 Å². The number of benzene rings is 8. The summed E-state index contributed by atoms with van der Waals surface area (Å²) in [4.78, 5) is 14.9. The van der Waals surface area contributed by atoms with Crippen LogP contribution in [0.2, 0.25) is 0 Å². The van der Waals surface area contributed by atoms with E-state index in [-0.39, 0.29) is 0 Å². The average Bonchev–Trinajstić information content (AvgIpc) is 3.82. The summed E-state index contributed by atoms with van der Waals surface area (Å²) < 4.78 is 2.61. The molecule has 0 aliphatic heterocycles. The lowest BCUT2D eigenvalue weighted by atomic mass is 9.65. The van der Waals surface area contributed by atoms with E-state index in [1.54, 1.807) is 0 Å². The van der Waals surface area contributed by atoms with Crippen molar-refractivity contribution in [3.05, 3.63) is 235 Å². The summed E-state index contributed by atoms with van der Waals surface area (Å²) in [6.07, 6.45) is 3.71. The summed E-state index contributed by atoms with van der Waals surface area (Å²) in [6.45, 7) is 0. The summed E-state index contributed by atoms with van der Waals surface area (Å²) in [5, 5.41) is 2.62. The standard InChI is InChI=1S/C58H35N3S/c1-2-13-38(14-3-1)57-60-53(37-26-24-36(25-27-37)40-15-12-30-59-35-40)34-54(61-57)39-28-29-45-42-17-5-4-16-41(42)43-18-6-9-21-49(43)58(51(45)31-39)50-22-10-7-19-44(50)47-32-48-46-20-8-11-23-55(46)62-56(48)33-52(47)58/h1-35H. The number of thiophene rings is 1. The number of hydrogen-bond acceptors (Lipinski definition) is 4. The van der Waals surface area contributed by atoms with Gasteiger partial charge in [-0.1, -0.05) is 164 Å². The van der Waals surface area contributed by atoms with Crippen molar-refractivity contribution in [2.45, 2.75) is 5.41 Å². The van der Waals surface area contributed by atoms with Crippen molar-refractivity contribution < 1.29 is 0 Å². The highest BCUT2D eigenvalue weighted by Crippen LogP contribution is 2.62. The fraction of sp³-hybridized carbons (Fsp3) is 0.0172. The highest BCUT2D eigenvalue weighted by molar-refractivity contribution is 7.25. The maximum Gasteiger partial charge on any atom is 0.160 e. The maximum absolute atomic E-state index is 5.38. The normalized spacial score (nSPS) is 14.5. The highest BCUT2D eigenvalue weighted by atomic mass is 32.1. The molecule has 0 radical (unpaired) electrons. The quantitative estimate of drug-likeness (QED) is 0.178. The van der Waals surface area contributed by atoms with Crippen molar-refractivity contribution in [2.24, 2.45) is 0 Å². The Kier molecular flexibility index (Phi) is 7.69. The van der Waals surface area contributed by atoms with Gasteiger partial charge in [-0.15, -0.1) is 11.3 Å². The molecule has 0 N–H and O–H groups in total. The Labute approximate surface area is 363 Å². The molecule has 13 rings (SSSR count). The highest BCUT2D eigenvalue weighted by Gasteiger charge is 2.50. The first-order valence-electron chi connectivity index (χ1n) is 21.1. The maximum atomic E-state index is 5.38. The van der Waals surface area contributed by atoms with Crippen molar-refractivity contribution in [2.75, 3.05) is 0 Å². The van der Waals surface area contributed by atoms with Gasteiger partial charge in [-0.05, 0) is 103 Å². The zero-order chi connectivity index (χ0) is 40.8. The van der Waals surface area contributed by atoms with E-state index in [1.807, 2.05) is 35.9 Å². The van der Waals surface area contributed by atoms with Crippen molar-refractivity contribution in [3.8, 4) is 78.4 Å². The monoisotopic (exact) mass is 805 g/mol. The smallest absolute Gasteiger partial charge is 0.160 e. The lowest BCUT2D eigenvalue weighted by molar-refractivity contribution is 0.777. The van der Waals surface area contributed by atoms with E-state index in [2.05, 4.69) is 193 Å². The molecule has 0 saturated carbocycles. The van der Waals surface area contributed by atoms with Crippen LogP contribution in [0.15, 0.2) is 213 Å². The molecule has 8 aromatic carbocycles. The molecular formula is C58H35N3S. The Balaban J connectivity index is 1.10. The van der Waals surface area contributed by atoms with Gasteiger partial charge in [-0.2, -0.15) is 0 Å².